The Bertz CT molecular complexity index is 1010. The van der Waals surface area contributed by atoms with E-state index < -0.39 is 0 Å². The standard InChI is InChI=1S/C29H30N4/c1-4-11-25(12-5-1)29(26-13-6-2-7-14-26,27-15-8-3-9-16-27)17-20-32-21-23-33(24-22-32)28-30-18-10-19-31-28/h1-16,18-19H,17,20-24H2. The fourth-order valence-corrected chi connectivity index (χ4v) is 5.05. The van der Waals surface area contributed by atoms with Gasteiger partial charge in [0.1, 0.15) is 0 Å². The van der Waals surface area contributed by atoms with Gasteiger partial charge in [0.05, 0.1) is 0 Å². The number of benzene rings is 3. The van der Waals surface area contributed by atoms with E-state index in [2.05, 4.69) is 111 Å². The van der Waals surface area contributed by atoms with Gasteiger partial charge < -0.3 is 4.90 Å². The van der Waals surface area contributed by atoms with E-state index in [-0.39, 0.29) is 5.41 Å². The minimum absolute atomic E-state index is 0.191. The van der Waals surface area contributed by atoms with Crippen LogP contribution in [0.2, 0.25) is 0 Å². The summed E-state index contributed by atoms with van der Waals surface area (Å²) in [6, 6.07) is 34.9. The second-order valence-corrected chi connectivity index (χ2v) is 8.63. The minimum Gasteiger partial charge on any atom is -0.338 e. The Morgan fingerprint density at radius 3 is 1.48 bits per heavy atom. The maximum absolute atomic E-state index is 4.43. The maximum Gasteiger partial charge on any atom is 0.225 e. The van der Waals surface area contributed by atoms with E-state index in [9.17, 15) is 0 Å². The van der Waals surface area contributed by atoms with Crippen molar-refractivity contribution in [2.45, 2.75) is 11.8 Å². The summed E-state index contributed by atoms with van der Waals surface area (Å²) in [5.41, 5.74) is 3.85. The summed E-state index contributed by atoms with van der Waals surface area (Å²) < 4.78 is 0. The lowest BCUT2D eigenvalue weighted by Crippen LogP contribution is -2.48. The Balaban J connectivity index is 1.42. The molecule has 3 aromatic carbocycles. The molecule has 1 aliphatic rings. The summed E-state index contributed by atoms with van der Waals surface area (Å²) in [5, 5.41) is 0. The first-order valence-corrected chi connectivity index (χ1v) is 11.8. The molecule has 0 bridgehead atoms. The Morgan fingerprint density at radius 1 is 0.576 bits per heavy atom. The van der Waals surface area contributed by atoms with Gasteiger partial charge in [0, 0.05) is 44.0 Å². The highest BCUT2D eigenvalue weighted by atomic mass is 15.3. The monoisotopic (exact) mass is 434 g/mol. The highest BCUT2D eigenvalue weighted by Crippen LogP contribution is 2.42. The predicted octanol–water partition coefficient (Wildman–Crippen LogP) is 5.02. The lowest BCUT2D eigenvalue weighted by Gasteiger charge is -2.40. The molecule has 0 atom stereocenters. The molecule has 0 radical (unpaired) electrons. The number of nitrogens with zero attached hydrogens (tertiary/aromatic N) is 4. The second kappa shape index (κ2) is 9.97. The van der Waals surface area contributed by atoms with Crippen LogP contribution in [0.4, 0.5) is 5.95 Å². The van der Waals surface area contributed by atoms with Crippen molar-refractivity contribution in [1.82, 2.24) is 14.9 Å². The molecule has 1 aromatic heterocycles. The molecule has 0 amide bonds. The number of anilines is 1. The number of rotatable bonds is 7. The third-order valence-electron chi connectivity index (χ3n) is 6.81. The maximum atomic E-state index is 4.43. The van der Waals surface area contributed by atoms with Crippen LogP contribution in [-0.4, -0.2) is 47.6 Å². The van der Waals surface area contributed by atoms with Gasteiger partial charge in [-0.1, -0.05) is 91.0 Å². The van der Waals surface area contributed by atoms with E-state index >= 15 is 0 Å². The van der Waals surface area contributed by atoms with Crippen molar-refractivity contribution in [2.24, 2.45) is 0 Å². The number of aromatic nitrogens is 2. The topological polar surface area (TPSA) is 32.3 Å². The molecule has 1 aliphatic heterocycles. The van der Waals surface area contributed by atoms with Gasteiger partial charge in [-0.25, -0.2) is 9.97 Å². The predicted molar refractivity (Wildman–Crippen MR) is 135 cm³/mol. The number of piperazine rings is 1. The summed E-state index contributed by atoms with van der Waals surface area (Å²) in [4.78, 5) is 13.7. The van der Waals surface area contributed by atoms with Crippen LogP contribution in [0.5, 0.6) is 0 Å². The van der Waals surface area contributed by atoms with Gasteiger partial charge in [-0.05, 0) is 35.7 Å². The van der Waals surface area contributed by atoms with Crippen molar-refractivity contribution in [1.29, 1.82) is 0 Å². The minimum atomic E-state index is -0.191. The van der Waals surface area contributed by atoms with Gasteiger partial charge in [0.2, 0.25) is 5.95 Å². The number of hydrogen-bond donors (Lipinski definition) is 0. The van der Waals surface area contributed by atoms with Crippen LogP contribution in [0.25, 0.3) is 0 Å². The van der Waals surface area contributed by atoms with E-state index in [0.717, 1.165) is 45.1 Å². The van der Waals surface area contributed by atoms with E-state index in [0.29, 0.717) is 0 Å². The molecule has 0 unspecified atom stereocenters. The molecule has 0 spiro atoms. The van der Waals surface area contributed by atoms with Gasteiger partial charge >= 0.3 is 0 Å². The van der Waals surface area contributed by atoms with E-state index in [4.69, 9.17) is 0 Å². The van der Waals surface area contributed by atoms with Crippen molar-refractivity contribution < 1.29 is 0 Å². The third-order valence-corrected chi connectivity index (χ3v) is 6.81. The molecule has 33 heavy (non-hydrogen) atoms. The Labute approximate surface area is 196 Å². The smallest absolute Gasteiger partial charge is 0.225 e. The van der Waals surface area contributed by atoms with Crippen LogP contribution in [-0.2, 0) is 5.41 Å². The summed E-state index contributed by atoms with van der Waals surface area (Å²) in [6.45, 7) is 4.99. The highest BCUT2D eigenvalue weighted by molar-refractivity contribution is 5.50. The SMILES string of the molecule is c1ccc(C(CCN2CCN(c3ncccn3)CC2)(c2ccccc2)c2ccccc2)cc1. The summed E-state index contributed by atoms with van der Waals surface area (Å²) in [7, 11) is 0. The van der Waals surface area contributed by atoms with Crippen molar-refractivity contribution in [3.05, 3.63) is 126 Å². The fraction of sp³-hybridized carbons (Fsp3) is 0.241. The van der Waals surface area contributed by atoms with E-state index in [1.807, 2.05) is 18.5 Å². The molecule has 1 saturated heterocycles. The van der Waals surface area contributed by atoms with Crippen LogP contribution >= 0.6 is 0 Å². The van der Waals surface area contributed by atoms with Gasteiger partial charge in [-0.2, -0.15) is 0 Å². The summed E-state index contributed by atoms with van der Waals surface area (Å²) >= 11 is 0. The molecule has 2 heterocycles. The molecular formula is C29H30N4. The first-order valence-electron chi connectivity index (χ1n) is 11.8. The van der Waals surface area contributed by atoms with E-state index in [1.54, 1.807) is 0 Å². The summed E-state index contributed by atoms with van der Waals surface area (Å²) in [5.74, 6) is 0.837. The zero-order valence-electron chi connectivity index (χ0n) is 18.9. The molecule has 1 fully saturated rings. The van der Waals surface area contributed by atoms with Crippen LogP contribution < -0.4 is 4.90 Å². The van der Waals surface area contributed by atoms with Crippen LogP contribution in [0.3, 0.4) is 0 Å². The number of hydrogen-bond acceptors (Lipinski definition) is 4. The normalized spacial score (nSPS) is 14.8. The molecule has 166 valence electrons. The van der Waals surface area contributed by atoms with Crippen LogP contribution in [0.1, 0.15) is 23.1 Å². The molecule has 4 heteroatoms. The van der Waals surface area contributed by atoms with Gasteiger partial charge in [-0.3, -0.25) is 4.90 Å². The van der Waals surface area contributed by atoms with Crippen molar-refractivity contribution in [3.8, 4) is 0 Å². The van der Waals surface area contributed by atoms with Crippen LogP contribution in [0.15, 0.2) is 109 Å². The molecule has 4 aromatic rings. The molecular weight excluding hydrogens is 404 g/mol. The highest BCUT2D eigenvalue weighted by Gasteiger charge is 2.36. The second-order valence-electron chi connectivity index (χ2n) is 8.63. The van der Waals surface area contributed by atoms with Crippen molar-refractivity contribution in [3.63, 3.8) is 0 Å². The Morgan fingerprint density at radius 2 is 1.03 bits per heavy atom. The zero-order valence-corrected chi connectivity index (χ0v) is 18.9. The zero-order chi connectivity index (χ0) is 22.3. The van der Waals surface area contributed by atoms with Gasteiger partial charge in [-0.15, -0.1) is 0 Å². The Hall–Kier alpha value is -3.50. The first-order chi connectivity index (χ1) is 16.4. The van der Waals surface area contributed by atoms with Gasteiger partial charge in [0.15, 0.2) is 0 Å². The Kier molecular flexibility index (Phi) is 6.45. The van der Waals surface area contributed by atoms with Gasteiger partial charge in [0.25, 0.3) is 0 Å². The molecule has 0 aliphatic carbocycles. The fourth-order valence-electron chi connectivity index (χ4n) is 5.05. The largest absolute Gasteiger partial charge is 0.338 e. The quantitative estimate of drug-likeness (QED) is 0.382. The third kappa shape index (κ3) is 4.53. The van der Waals surface area contributed by atoms with Crippen LogP contribution in [0, 0.1) is 0 Å². The first kappa shape index (κ1) is 21.4. The van der Waals surface area contributed by atoms with Crippen molar-refractivity contribution in [2.75, 3.05) is 37.6 Å². The lowest BCUT2D eigenvalue weighted by molar-refractivity contribution is 0.241. The molecule has 4 nitrogen and oxygen atoms in total. The summed E-state index contributed by atoms with van der Waals surface area (Å²) in [6.07, 6.45) is 4.66. The van der Waals surface area contributed by atoms with E-state index in [1.165, 1.54) is 16.7 Å². The average Bonchev–Trinajstić information content (AvgIpc) is 2.92. The average molecular weight is 435 g/mol. The molecule has 5 rings (SSSR count). The lowest BCUT2D eigenvalue weighted by atomic mass is 9.67. The molecule has 0 saturated carbocycles. The van der Waals surface area contributed by atoms with Crippen molar-refractivity contribution >= 4 is 5.95 Å². The molecule has 0 N–H and O–H groups in total.